The lowest BCUT2D eigenvalue weighted by Gasteiger charge is -2.05. The fraction of sp³-hybridized carbons (Fsp3) is 0.250. The Hall–Kier alpha value is -1.77. The predicted molar refractivity (Wildman–Crippen MR) is 58.9 cm³/mol. The maximum absolute atomic E-state index is 10.8. The van der Waals surface area contributed by atoms with Crippen LogP contribution in [0.25, 0.3) is 5.57 Å². The molecule has 0 saturated carbocycles. The van der Waals surface area contributed by atoms with Gasteiger partial charge in [0.25, 0.3) is 0 Å². The monoisotopic (exact) mass is 206 g/mol. The number of hydrogen-bond acceptors (Lipinski definition) is 2. The van der Waals surface area contributed by atoms with Gasteiger partial charge in [0.2, 0.25) is 0 Å². The van der Waals surface area contributed by atoms with E-state index in [0.717, 1.165) is 16.9 Å². The normalized spacial score (nSPS) is 11.9. The molecule has 1 aromatic rings. The van der Waals surface area contributed by atoms with Gasteiger partial charge in [-0.25, -0.2) is 4.79 Å². The van der Waals surface area contributed by atoms with Crippen molar-refractivity contribution in [3.63, 3.8) is 0 Å². The SMILES string of the molecule is COc1ccc(/C(C)=C(/C)C(=O)O)cc1. The van der Waals surface area contributed by atoms with E-state index in [9.17, 15) is 4.79 Å². The zero-order valence-corrected chi connectivity index (χ0v) is 9.07. The van der Waals surface area contributed by atoms with Gasteiger partial charge in [0.15, 0.2) is 0 Å². The number of allylic oxidation sites excluding steroid dienone is 1. The van der Waals surface area contributed by atoms with Crippen LogP contribution in [-0.2, 0) is 4.79 Å². The molecule has 0 fully saturated rings. The number of hydrogen-bond donors (Lipinski definition) is 1. The molecule has 0 aliphatic heterocycles. The number of benzene rings is 1. The van der Waals surface area contributed by atoms with Crippen LogP contribution >= 0.6 is 0 Å². The molecule has 0 radical (unpaired) electrons. The molecule has 3 nitrogen and oxygen atoms in total. The molecule has 0 amide bonds. The Morgan fingerprint density at radius 3 is 2.13 bits per heavy atom. The summed E-state index contributed by atoms with van der Waals surface area (Å²) in [6, 6.07) is 7.32. The first kappa shape index (κ1) is 11.3. The van der Waals surface area contributed by atoms with Crippen LogP contribution in [0.15, 0.2) is 29.8 Å². The van der Waals surface area contributed by atoms with Crippen LogP contribution in [0.4, 0.5) is 0 Å². The fourth-order valence-electron chi connectivity index (χ4n) is 1.22. The second-order valence-electron chi connectivity index (χ2n) is 3.28. The molecule has 0 aromatic heterocycles. The Bertz CT molecular complexity index is 388. The van der Waals surface area contributed by atoms with Crippen LogP contribution in [0.1, 0.15) is 19.4 Å². The number of methoxy groups -OCH3 is 1. The summed E-state index contributed by atoms with van der Waals surface area (Å²) < 4.78 is 5.02. The van der Waals surface area contributed by atoms with Crippen molar-refractivity contribution in [1.82, 2.24) is 0 Å². The standard InChI is InChI=1S/C12H14O3/c1-8(9(2)12(13)14)10-4-6-11(15-3)7-5-10/h4-7H,1-3H3,(H,13,14)/b9-8-. The van der Waals surface area contributed by atoms with Crippen LogP contribution in [-0.4, -0.2) is 18.2 Å². The lowest BCUT2D eigenvalue weighted by molar-refractivity contribution is -0.132. The summed E-state index contributed by atoms with van der Waals surface area (Å²) in [5.41, 5.74) is 2.03. The number of rotatable bonds is 3. The van der Waals surface area contributed by atoms with E-state index in [1.807, 2.05) is 24.3 Å². The van der Waals surface area contributed by atoms with Gasteiger partial charge in [0, 0.05) is 5.57 Å². The van der Waals surface area contributed by atoms with Gasteiger partial charge >= 0.3 is 5.97 Å². The zero-order valence-electron chi connectivity index (χ0n) is 9.07. The average Bonchev–Trinajstić information content (AvgIpc) is 2.27. The highest BCUT2D eigenvalue weighted by Gasteiger charge is 2.06. The molecule has 80 valence electrons. The van der Waals surface area contributed by atoms with E-state index in [2.05, 4.69) is 0 Å². The summed E-state index contributed by atoms with van der Waals surface area (Å²) in [4.78, 5) is 10.8. The number of carboxylic acid groups (broad SMARTS) is 1. The van der Waals surface area contributed by atoms with Crippen LogP contribution in [0.5, 0.6) is 5.75 Å². The molecule has 1 aromatic carbocycles. The predicted octanol–water partition coefficient (Wildman–Crippen LogP) is 2.57. The third-order valence-electron chi connectivity index (χ3n) is 2.41. The highest BCUT2D eigenvalue weighted by Crippen LogP contribution is 2.20. The Balaban J connectivity index is 3.07. The molecule has 0 aliphatic carbocycles. The van der Waals surface area contributed by atoms with Gasteiger partial charge in [-0.3, -0.25) is 0 Å². The van der Waals surface area contributed by atoms with Crippen LogP contribution < -0.4 is 4.74 Å². The molecule has 0 heterocycles. The zero-order chi connectivity index (χ0) is 11.4. The molecule has 0 spiro atoms. The van der Waals surface area contributed by atoms with Gasteiger partial charge in [0.05, 0.1) is 7.11 Å². The van der Waals surface area contributed by atoms with Crippen LogP contribution in [0.2, 0.25) is 0 Å². The fourth-order valence-corrected chi connectivity index (χ4v) is 1.22. The van der Waals surface area contributed by atoms with Gasteiger partial charge < -0.3 is 9.84 Å². The van der Waals surface area contributed by atoms with Crippen molar-refractivity contribution in [1.29, 1.82) is 0 Å². The molecular formula is C12H14O3. The van der Waals surface area contributed by atoms with E-state index in [0.29, 0.717) is 5.57 Å². The van der Waals surface area contributed by atoms with Crippen molar-refractivity contribution in [2.75, 3.05) is 7.11 Å². The molecule has 1 N–H and O–H groups in total. The van der Waals surface area contributed by atoms with Crippen molar-refractivity contribution in [2.45, 2.75) is 13.8 Å². The maximum Gasteiger partial charge on any atom is 0.331 e. The number of carboxylic acids is 1. The Morgan fingerprint density at radius 2 is 1.73 bits per heavy atom. The van der Waals surface area contributed by atoms with E-state index in [-0.39, 0.29) is 0 Å². The molecule has 1 rings (SSSR count). The van der Waals surface area contributed by atoms with Gasteiger partial charge in [-0.15, -0.1) is 0 Å². The van der Waals surface area contributed by atoms with Gasteiger partial charge in [-0.05, 0) is 37.1 Å². The molecule has 15 heavy (non-hydrogen) atoms. The van der Waals surface area contributed by atoms with Crippen molar-refractivity contribution in [3.8, 4) is 5.75 Å². The highest BCUT2D eigenvalue weighted by molar-refractivity contribution is 5.95. The highest BCUT2D eigenvalue weighted by atomic mass is 16.5. The minimum Gasteiger partial charge on any atom is -0.497 e. The van der Waals surface area contributed by atoms with Gasteiger partial charge in [-0.2, -0.15) is 0 Å². The second-order valence-corrected chi connectivity index (χ2v) is 3.28. The minimum absolute atomic E-state index is 0.361. The van der Waals surface area contributed by atoms with Crippen molar-refractivity contribution < 1.29 is 14.6 Å². The molecule has 3 heteroatoms. The van der Waals surface area contributed by atoms with Crippen molar-refractivity contribution in [3.05, 3.63) is 35.4 Å². The molecule has 0 bridgehead atoms. The first-order valence-electron chi connectivity index (χ1n) is 4.61. The topological polar surface area (TPSA) is 46.5 Å². The third kappa shape index (κ3) is 2.59. The first-order chi connectivity index (χ1) is 7.06. The number of aliphatic carboxylic acids is 1. The van der Waals surface area contributed by atoms with Crippen molar-refractivity contribution >= 4 is 11.5 Å². The summed E-state index contributed by atoms with van der Waals surface area (Å²) in [7, 11) is 1.60. The lowest BCUT2D eigenvalue weighted by atomic mass is 10.0. The minimum atomic E-state index is -0.886. The smallest absolute Gasteiger partial charge is 0.331 e. The van der Waals surface area contributed by atoms with E-state index in [1.54, 1.807) is 21.0 Å². The van der Waals surface area contributed by atoms with E-state index in [1.165, 1.54) is 0 Å². The molecule has 0 aliphatic rings. The van der Waals surface area contributed by atoms with E-state index in [4.69, 9.17) is 9.84 Å². The second kappa shape index (κ2) is 4.64. The summed E-state index contributed by atoms with van der Waals surface area (Å²) in [6.07, 6.45) is 0. The number of ether oxygens (including phenoxy) is 1. The Morgan fingerprint density at radius 1 is 1.20 bits per heavy atom. The van der Waals surface area contributed by atoms with Crippen LogP contribution in [0.3, 0.4) is 0 Å². The van der Waals surface area contributed by atoms with E-state index >= 15 is 0 Å². The summed E-state index contributed by atoms with van der Waals surface area (Å²) in [6.45, 7) is 3.40. The Labute approximate surface area is 89.0 Å². The van der Waals surface area contributed by atoms with E-state index < -0.39 is 5.97 Å². The largest absolute Gasteiger partial charge is 0.497 e. The quantitative estimate of drug-likeness (QED) is 0.773. The summed E-state index contributed by atoms with van der Waals surface area (Å²) in [5.74, 6) is -0.122. The summed E-state index contributed by atoms with van der Waals surface area (Å²) in [5, 5.41) is 8.83. The molecular weight excluding hydrogens is 192 g/mol. The third-order valence-corrected chi connectivity index (χ3v) is 2.41. The maximum atomic E-state index is 10.8. The average molecular weight is 206 g/mol. The molecule has 0 saturated heterocycles. The van der Waals surface area contributed by atoms with Gasteiger partial charge in [-0.1, -0.05) is 12.1 Å². The molecule has 0 unspecified atom stereocenters. The first-order valence-corrected chi connectivity index (χ1v) is 4.61. The lowest BCUT2D eigenvalue weighted by Crippen LogP contribution is -1.99. The summed E-state index contributed by atoms with van der Waals surface area (Å²) >= 11 is 0. The molecule has 0 atom stereocenters. The van der Waals surface area contributed by atoms with Crippen molar-refractivity contribution in [2.24, 2.45) is 0 Å². The van der Waals surface area contributed by atoms with Gasteiger partial charge in [0.1, 0.15) is 5.75 Å². The van der Waals surface area contributed by atoms with Crippen LogP contribution in [0, 0.1) is 0 Å². The Kier molecular flexibility index (Phi) is 3.50. The number of carbonyl (C=O) groups is 1.